The Morgan fingerprint density at radius 2 is 2.04 bits per heavy atom. The Hall–Kier alpha value is -2.20. The minimum atomic E-state index is -3.89. The van der Waals surface area contributed by atoms with Gasteiger partial charge in [-0.05, 0) is 37.5 Å². The first-order valence-corrected chi connectivity index (χ1v) is 10.3. The van der Waals surface area contributed by atoms with E-state index in [1.807, 2.05) is 0 Å². The molecule has 0 saturated carbocycles. The number of carbonyl (C=O) groups is 2. The van der Waals surface area contributed by atoms with E-state index in [4.69, 9.17) is 9.94 Å². The molecule has 1 heterocycles. The minimum Gasteiger partial charge on any atom is -0.444 e. The molecule has 1 aromatic rings. The van der Waals surface area contributed by atoms with Crippen LogP contribution in [0.4, 0.5) is 14.9 Å². The van der Waals surface area contributed by atoms with Gasteiger partial charge in [0.15, 0.2) is 14.6 Å². The van der Waals surface area contributed by atoms with Gasteiger partial charge in [0.1, 0.15) is 6.10 Å². The van der Waals surface area contributed by atoms with Gasteiger partial charge in [0.25, 0.3) is 5.91 Å². The van der Waals surface area contributed by atoms with Gasteiger partial charge in [0.2, 0.25) is 0 Å². The lowest BCUT2D eigenvalue weighted by Gasteiger charge is -2.26. The number of carbonyl (C=O) groups excluding carboxylic acids is 2. The summed E-state index contributed by atoms with van der Waals surface area (Å²) < 4.78 is 39.6. The van der Waals surface area contributed by atoms with Gasteiger partial charge in [-0.25, -0.2) is 18.7 Å². The minimum absolute atomic E-state index is 0.0620. The van der Waals surface area contributed by atoms with Crippen molar-refractivity contribution in [3.05, 3.63) is 29.8 Å². The van der Waals surface area contributed by atoms with Crippen LogP contribution in [0.2, 0.25) is 0 Å². The third-order valence-electron chi connectivity index (χ3n) is 4.74. The third-order valence-corrected chi connectivity index (χ3v) is 6.73. The summed E-state index contributed by atoms with van der Waals surface area (Å²) in [5.41, 5.74) is 2.85. The normalized spacial score (nSPS) is 19.5. The van der Waals surface area contributed by atoms with E-state index in [-0.39, 0.29) is 13.0 Å². The number of ether oxygens (including phenoxy) is 1. The summed E-state index contributed by atoms with van der Waals surface area (Å²) in [6, 6.07) is 6.97. The Labute approximate surface area is 157 Å². The number of aryl methyl sites for hydroxylation is 1. The van der Waals surface area contributed by atoms with E-state index < -0.39 is 39.4 Å². The highest BCUT2D eigenvalue weighted by Gasteiger charge is 2.48. The Morgan fingerprint density at radius 1 is 1.41 bits per heavy atom. The largest absolute Gasteiger partial charge is 0.444 e. The molecule has 1 aliphatic rings. The number of hydrogen-bond donors (Lipinski definition) is 2. The predicted molar refractivity (Wildman–Crippen MR) is 96.1 cm³/mol. The maximum atomic E-state index is 12.2. The summed E-state index contributed by atoms with van der Waals surface area (Å²) in [6.45, 7) is 0.832. The fraction of sp³-hybridized carbons (Fsp3) is 0.529. The third kappa shape index (κ3) is 4.56. The molecule has 1 aromatic carbocycles. The molecule has 2 atom stereocenters. The fourth-order valence-corrected chi connectivity index (χ4v) is 3.79. The standard InChI is InChI=1S/C17H23FN2O6S/c1-17(15(21)19-23,27(2,24)25)10-14-11-20(16(22)26-14)13-7-5-12(6-8-13)4-3-9-18/h5-8,14,23H,3-4,9-11H2,1-2H3,(H,19,21). The molecule has 0 aliphatic carbocycles. The average molecular weight is 402 g/mol. The highest BCUT2D eigenvalue weighted by atomic mass is 32.2. The van der Waals surface area contributed by atoms with Gasteiger partial charge in [-0.3, -0.25) is 19.3 Å². The fourth-order valence-electron chi connectivity index (χ4n) is 2.92. The van der Waals surface area contributed by atoms with Crippen molar-refractivity contribution >= 4 is 27.5 Å². The van der Waals surface area contributed by atoms with Crippen molar-refractivity contribution in [1.29, 1.82) is 0 Å². The van der Waals surface area contributed by atoms with Crippen LogP contribution in [0.5, 0.6) is 0 Å². The molecule has 0 bridgehead atoms. The molecule has 2 rings (SSSR count). The van der Waals surface area contributed by atoms with Crippen LogP contribution in [0.1, 0.15) is 25.3 Å². The lowest BCUT2D eigenvalue weighted by Crippen LogP contribution is -2.51. The van der Waals surface area contributed by atoms with E-state index in [1.165, 1.54) is 17.3 Å². The van der Waals surface area contributed by atoms with Crippen molar-refractivity contribution in [3.63, 3.8) is 0 Å². The predicted octanol–water partition coefficient (Wildman–Crippen LogP) is 1.61. The number of sulfone groups is 1. The molecular weight excluding hydrogens is 379 g/mol. The van der Waals surface area contributed by atoms with Crippen LogP contribution < -0.4 is 10.4 Å². The highest BCUT2D eigenvalue weighted by molar-refractivity contribution is 7.92. The lowest BCUT2D eigenvalue weighted by molar-refractivity contribution is -0.132. The number of amides is 2. The average Bonchev–Trinajstić information content (AvgIpc) is 2.98. The zero-order valence-corrected chi connectivity index (χ0v) is 16.0. The van der Waals surface area contributed by atoms with Crippen LogP contribution in [0.25, 0.3) is 0 Å². The van der Waals surface area contributed by atoms with Crippen LogP contribution in [0, 0.1) is 0 Å². The summed E-state index contributed by atoms with van der Waals surface area (Å²) in [7, 11) is -3.89. The summed E-state index contributed by atoms with van der Waals surface area (Å²) in [5.74, 6) is -1.09. The van der Waals surface area contributed by atoms with Crippen LogP contribution >= 0.6 is 0 Å². The van der Waals surface area contributed by atoms with E-state index in [0.29, 0.717) is 18.5 Å². The Bertz CT molecular complexity index is 798. The van der Waals surface area contributed by atoms with E-state index >= 15 is 0 Å². The Kier molecular flexibility index (Phi) is 6.42. The van der Waals surface area contributed by atoms with Gasteiger partial charge in [-0.2, -0.15) is 0 Å². The molecule has 0 radical (unpaired) electrons. The number of cyclic esters (lactones) is 1. The van der Waals surface area contributed by atoms with Crippen molar-refractivity contribution < 1.29 is 32.3 Å². The molecule has 2 amide bonds. The number of nitrogens with zero attached hydrogens (tertiary/aromatic N) is 1. The number of benzene rings is 1. The van der Waals surface area contributed by atoms with Crippen LogP contribution in [0.15, 0.2) is 24.3 Å². The second-order valence-electron chi connectivity index (χ2n) is 6.72. The molecule has 1 fully saturated rings. The number of hydroxylamine groups is 1. The SMILES string of the molecule is CC(CC1CN(c2ccc(CCCF)cc2)C(=O)O1)(C(=O)NO)S(C)(=O)=O. The number of halogens is 1. The van der Waals surface area contributed by atoms with Gasteiger partial charge >= 0.3 is 6.09 Å². The number of rotatable bonds is 8. The summed E-state index contributed by atoms with van der Waals surface area (Å²) in [5, 5.41) is 8.87. The number of hydrogen-bond acceptors (Lipinski definition) is 6. The van der Waals surface area contributed by atoms with Gasteiger partial charge in [0, 0.05) is 18.4 Å². The molecule has 8 nitrogen and oxygen atoms in total. The summed E-state index contributed by atoms with van der Waals surface area (Å²) in [4.78, 5) is 25.4. The topological polar surface area (TPSA) is 113 Å². The van der Waals surface area contributed by atoms with Crippen molar-refractivity contribution in [3.8, 4) is 0 Å². The first-order valence-electron chi connectivity index (χ1n) is 8.39. The van der Waals surface area contributed by atoms with Gasteiger partial charge < -0.3 is 4.74 Å². The number of alkyl halides is 1. The van der Waals surface area contributed by atoms with E-state index in [2.05, 4.69) is 0 Å². The molecule has 1 aliphatic heterocycles. The van der Waals surface area contributed by atoms with Crippen molar-refractivity contribution in [1.82, 2.24) is 5.48 Å². The number of anilines is 1. The molecule has 2 unspecified atom stereocenters. The zero-order chi connectivity index (χ0) is 20.2. The molecule has 2 N–H and O–H groups in total. The van der Waals surface area contributed by atoms with Gasteiger partial charge in [-0.1, -0.05) is 12.1 Å². The number of nitrogens with one attached hydrogen (secondary N) is 1. The molecule has 10 heteroatoms. The molecule has 150 valence electrons. The van der Waals surface area contributed by atoms with Crippen LogP contribution in [0.3, 0.4) is 0 Å². The zero-order valence-electron chi connectivity index (χ0n) is 15.1. The van der Waals surface area contributed by atoms with Gasteiger partial charge in [-0.15, -0.1) is 0 Å². The first kappa shape index (κ1) is 21.1. The molecule has 0 spiro atoms. The van der Waals surface area contributed by atoms with E-state index in [9.17, 15) is 22.4 Å². The van der Waals surface area contributed by atoms with Crippen molar-refractivity contribution in [2.24, 2.45) is 0 Å². The van der Waals surface area contributed by atoms with Crippen LogP contribution in [-0.4, -0.2) is 56.0 Å². The lowest BCUT2D eigenvalue weighted by atomic mass is 10.0. The second-order valence-corrected chi connectivity index (χ2v) is 9.17. The Morgan fingerprint density at radius 3 is 2.56 bits per heavy atom. The van der Waals surface area contributed by atoms with Gasteiger partial charge in [0.05, 0.1) is 13.2 Å². The van der Waals surface area contributed by atoms with E-state index in [1.54, 1.807) is 24.3 Å². The maximum absolute atomic E-state index is 12.2. The monoisotopic (exact) mass is 402 g/mol. The van der Waals surface area contributed by atoms with Crippen LogP contribution in [-0.2, 0) is 25.8 Å². The molecule has 0 aromatic heterocycles. The smallest absolute Gasteiger partial charge is 0.414 e. The highest BCUT2D eigenvalue weighted by Crippen LogP contribution is 2.30. The van der Waals surface area contributed by atoms with Crippen molar-refractivity contribution in [2.75, 3.05) is 24.4 Å². The van der Waals surface area contributed by atoms with Crippen molar-refractivity contribution in [2.45, 2.75) is 37.0 Å². The first-order chi connectivity index (χ1) is 12.6. The maximum Gasteiger partial charge on any atom is 0.414 e. The molecule has 27 heavy (non-hydrogen) atoms. The summed E-state index contributed by atoms with van der Waals surface area (Å²) >= 11 is 0. The Balaban J connectivity index is 2.13. The molecular formula is C17H23FN2O6S. The summed E-state index contributed by atoms with van der Waals surface area (Å²) in [6.07, 6.45) is 0.0939. The van der Waals surface area contributed by atoms with E-state index in [0.717, 1.165) is 11.8 Å². The second kappa shape index (κ2) is 8.22. The quantitative estimate of drug-likeness (QED) is 0.505. The molecule has 1 saturated heterocycles.